The molecule has 0 unspecified atom stereocenters. The molecule has 1 atom stereocenters. The van der Waals surface area contributed by atoms with Gasteiger partial charge in [0.1, 0.15) is 5.82 Å². The molecule has 3 aromatic rings. The topological polar surface area (TPSA) is 64.0 Å². The number of rotatable bonds is 3. The van der Waals surface area contributed by atoms with Crippen molar-refractivity contribution < 1.29 is 9.00 Å². The number of benzene rings is 2. The van der Waals surface area contributed by atoms with Crippen LogP contribution in [0.2, 0.25) is 0 Å². The highest BCUT2D eigenvalue weighted by Crippen LogP contribution is 2.31. The molecule has 6 heteroatoms. The number of aromatic nitrogens is 2. The fourth-order valence-electron chi connectivity index (χ4n) is 3.09. The summed E-state index contributed by atoms with van der Waals surface area (Å²) in [5.74, 6) is 1.27. The van der Waals surface area contributed by atoms with Crippen molar-refractivity contribution >= 4 is 22.5 Å². The summed E-state index contributed by atoms with van der Waals surface area (Å²) in [4.78, 5) is 12.8. The molecule has 0 saturated heterocycles. The average molecular weight is 365 g/mol. The van der Waals surface area contributed by atoms with Crippen LogP contribution in [0.1, 0.15) is 32.7 Å². The van der Waals surface area contributed by atoms with Crippen LogP contribution in [-0.2, 0) is 22.3 Å². The summed E-state index contributed by atoms with van der Waals surface area (Å²) in [6.45, 7) is 3.98. The number of fused-ring (bicyclic) bond motifs is 1. The van der Waals surface area contributed by atoms with Gasteiger partial charge < -0.3 is 5.32 Å². The fraction of sp³-hybridized carbons (Fsp3) is 0.200. The van der Waals surface area contributed by atoms with Crippen molar-refractivity contribution in [1.82, 2.24) is 9.78 Å². The van der Waals surface area contributed by atoms with Crippen molar-refractivity contribution in [2.24, 2.45) is 0 Å². The van der Waals surface area contributed by atoms with Gasteiger partial charge in [0.05, 0.1) is 22.9 Å². The minimum Gasteiger partial charge on any atom is -0.306 e. The Morgan fingerprint density at radius 3 is 2.58 bits per heavy atom. The van der Waals surface area contributed by atoms with Crippen LogP contribution in [0.3, 0.4) is 0 Å². The molecule has 1 aromatic heterocycles. The van der Waals surface area contributed by atoms with Crippen LogP contribution < -0.4 is 5.32 Å². The molecule has 132 valence electrons. The highest BCUT2D eigenvalue weighted by molar-refractivity contribution is 7.83. The molecular weight excluding hydrogens is 346 g/mol. The van der Waals surface area contributed by atoms with Gasteiger partial charge in [0, 0.05) is 21.9 Å². The maximum Gasteiger partial charge on any atom is 0.256 e. The number of amides is 1. The minimum atomic E-state index is -0.957. The van der Waals surface area contributed by atoms with Crippen LogP contribution in [0.15, 0.2) is 48.5 Å². The summed E-state index contributed by atoms with van der Waals surface area (Å²) < 4.78 is 13.7. The lowest BCUT2D eigenvalue weighted by atomic mass is 10.1. The number of carbonyl (C=O) groups excluding carboxylic acids is 1. The molecule has 0 bridgehead atoms. The smallest absolute Gasteiger partial charge is 0.256 e. The highest BCUT2D eigenvalue weighted by Gasteiger charge is 2.28. The predicted molar refractivity (Wildman–Crippen MR) is 103 cm³/mol. The largest absolute Gasteiger partial charge is 0.306 e. The van der Waals surface area contributed by atoms with Gasteiger partial charge in [-0.1, -0.05) is 35.4 Å². The van der Waals surface area contributed by atoms with E-state index in [2.05, 4.69) is 10.4 Å². The Hall–Kier alpha value is -2.73. The Kier molecular flexibility index (Phi) is 4.20. The van der Waals surface area contributed by atoms with Gasteiger partial charge >= 0.3 is 0 Å². The zero-order valence-electron chi connectivity index (χ0n) is 14.7. The van der Waals surface area contributed by atoms with Gasteiger partial charge in [-0.2, -0.15) is 5.10 Å². The molecule has 1 aliphatic rings. The molecule has 0 fully saturated rings. The SMILES string of the molecule is Cc1ccc(-n2nc3c(c2NC(=O)c2cccc(C)c2)C[S@](=O)C3)cc1. The van der Waals surface area contributed by atoms with Gasteiger partial charge in [-0.25, -0.2) is 4.68 Å². The average Bonchev–Trinajstić information content (AvgIpc) is 3.13. The van der Waals surface area contributed by atoms with Crippen molar-refractivity contribution in [2.45, 2.75) is 25.4 Å². The van der Waals surface area contributed by atoms with E-state index in [0.29, 0.717) is 22.9 Å². The summed E-state index contributed by atoms with van der Waals surface area (Å²) in [5.41, 5.74) is 5.30. The molecule has 1 N–H and O–H groups in total. The maximum absolute atomic E-state index is 12.8. The molecule has 0 radical (unpaired) electrons. The fourth-order valence-corrected chi connectivity index (χ4v) is 4.36. The minimum absolute atomic E-state index is 0.192. The molecular formula is C20H19N3O2S. The van der Waals surface area contributed by atoms with Crippen LogP contribution in [-0.4, -0.2) is 19.9 Å². The first-order valence-corrected chi connectivity index (χ1v) is 9.91. The van der Waals surface area contributed by atoms with Gasteiger partial charge in [0.25, 0.3) is 5.91 Å². The predicted octanol–water partition coefficient (Wildman–Crippen LogP) is 3.50. The standard InChI is InChI=1S/C20H19N3O2S/c1-13-6-8-16(9-7-13)23-19(17-11-26(25)12-18(17)22-23)21-20(24)15-5-3-4-14(2)10-15/h3-10H,11-12H2,1-2H3,(H,21,24)/t26-/m0/s1. The van der Waals surface area contributed by atoms with Gasteiger partial charge in [-0.05, 0) is 38.1 Å². The molecule has 2 heterocycles. The molecule has 0 saturated carbocycles. The molecule has 4 rings (SSSR count). The van der Waals surface area contributed by atoms with E-state index in [-0.39, 0.29) is 5.91 Å². The normalized spacial score (nSPS) is 15.7. The zero-order valence-corrected chi connectivity index (χ0v) is 15.5. The summed E-state index contributed by atoms with van der Waals surface area (Å²) in [5, 5.41) is 7.61. The number of nitrogens with zero attached hydrogens (tertiary/aromatic N) is 2. The maximum atomic E-state index is 12.8. The first-order chi connectivity index (χ1) is 12.5. The third-order valence-electron chi connectivity index (χ3n) is 4.46. The quantitative estimate of drug-likeness (QED) is 0.773. The van der Waals surface area contributed by atoms with E-state index in [4.69, 9.17) is 0 Å². The lowest BCUT2D eigenvalue weighted by molar-refractivity contribution is 0.102. The molecule has 0 spiro atoms. The van der Waals surface area contributed by atoms with Crippen LogP contribution in [0.25, 0.3) is 5.69 Å². The van der Waals surface area contributed by atoms with Gasteiger partial charge in [-0.3, -0.25) is 9.00 Å². The van der Waals surface area contributed by atoms with Crippen molar-refractivity contribution in [3.8, 4) is 5.69 Å². The van der Waals surface area contributed by atoms with Crippen LogP contribution in [0.5, 0.6) is 0 Å². The lowest BCUT2D eigenvalue weighted by Crippen LogP contribution is -2.16. The molecule has 0 aliphatic carbocycles. The second-order valence-corrected chi connectivity index (χ2v) is 8.03. The zero-order chi connectivity index (χ0) is 18.3. The van der Waals surface area contributed by atoms with Gasteiger partial charge in [-0.15, -0.1) is 0 Å². The first kappa shape index (κ1) is 16.7. The molecule has 1 amide bonds. The summed E-state index contributed by atoms with van der Waals surface area (Å²) in [7, 11) is -0.957. The first-order valence-electron chi connectivity index (χ1n) is 8.42. The number of carbonyl (C=O) groups is 1. The number of nitrogens with one attached hydrogen (secondary N) is 1. The van der Waals surface area contributed by atoms with Crippen LogP contribution in [0, 0.1) is 13.8 Å². The Balaban J connectivity index is 1.75. The lowest BCUT2D eigenvalue weighted by Gasteiger charge is -2.11. The third kappa shape index (κ3) is 3.08. The van der Waals surface area contributed by atoms with Crippen LogP contribution in [0.4, 0.5) is 5.82 Å². The Morgan fingerprint density at radius 1 is 1.08 bits per heavy atom. The van der Waals surface area contributed by atoms with E-state index in [9.17, 15) is 9.00 Å². The number of hydrogen-bond donors (Lipinski definition) is 1. The number of anilines is 1. The Labute approximate surface area is 154 Å². The summed E-state index contributed by atoms with van der Waals surface area (Å²) >= 11 is 0. The van der Waals surface area contributed by atoms with Crippen LogP contribution >= 0.6 is 0 Å². The summed E-state index contributed by atoms with van der Waals surface area (Å²) in [6.07, 6.45) is 0. The van der Waals surface area contributed by atoms with E-state index in [0.717, 1.165) is 28.1 Å². The third-order valence-corrected chi connectivity index (χ3v) is 5.67. The summed E-state index contributed by atoms with van der Waals surface area (Å²) in [6, 6.07) is 15.4. The second kappa shape index (κ2) is 6.53. The Bertz CT molecular complexity index is 1020. The second-order valence-electron chi connectivity index (χ2n) is 6.57. The van der Waals surface area contributed by atoms with Gasteiger partial charge in [0.2, 0.25) is 0 Å². The Morgan fingerprint density at radius 2 is 1.85 bits per heavy atom. The van der Waals surface area contributed by atoms with Crippen molar-refractivity contribution in [2.75, 3.05) is 5.32 Å². The monoisotopic (exact) mass is 365 g/mol. The van der Waals surface area contributed by atoms with Crippen molar-refractivity contribution in [3.05, 3.63) is 76.5 Å². The van der Waals surface area contributed by atoms with Crippen molar-refractivity contribution in [3.63, 3.8) is 0 Å². The van der Waals surface area contributed by atoms with E-state index >= 15 is 0 Å². The number of aryl methyl sites for hydroxylation is 2. The molecule has 1 aliphatic heterocycles. The van der Waals surface area contributed by atoms with E-state index in [1.807, 2.05) is 56.3 Å². The molecule has 26 heavy (non-hydrogen) atoms. The van der Waals surface area contributed by atoms with E-state index in [1.165, 1.54) is 0 Å². The van der Waals surface area contributed by atoms with Gasteiger partial charge in [0.15, 0.2) is 0 Å². The molecule has 2 aromatic carbocycles. The van der Waals surface area contributed by atoms with Crippen molar-refractivity contribution in [1.29, 1.82) is 0 Å². The number of hydrogen-bond acceptors (Lipinski definition) is 3. The highest BCUT2D eigenvalue weighted by atomic mass is 32.2. The molecule has 5 nitrogen and oxygen atoms in total. The van der Waals surface area contributed by atoms with E-state index < -0.39 is 10.8 Å². The van der Waals surface area contributed by atoms with E-state index in [1.54, 1.807) is 10.7 Å².